The first-order valence-electron chi connectivity index (χ1n) is 6.82. The maximum absolute atomic E-state index is 5.55. The van der Waals surface area contributed by atoms with Gasteiger partial charge in [-0.2, -0.15) is 5.10 Å². The molecule has 0 aliphatic rings. The number of aromatic nitrogens is 2. The number of benzene rings is 1. The number of nitrogens with one attached hydrogen (secondary N) is 1. The number of halogens is 2. The maximum atomic E-state index is 5.55. The molecule has 0 saturated heterocycles. The van der Waals surface area contributed by atoms with Crippen molar-refractivity contribution >= 4 is 31.9 Å². The number of aryl methyl sites for hydroxylation is 1. The molecule has 114 valence electrons. The van der Waals surface area contributed by atoms with Crippen LogP contribution in [-0.4, -0.2) is 23.4 Å². The summed E-state index contributed by atoms with van der Waals surface area (Å²) in [6.07, 6.45) is 2.88. The van der Waals surface area contributed by atoms with Gasteiger partial charge in [0.2, 0.25) is 0 Å². The molecule has 1 heterocycles. The molecule has 1 aromatic carbocycles. The predicted octanol–water partition coefficient (Wildman–Crippen LogP) is 4.04. The minimum Gasteiger partial charge on any atom is -0.496 e. The summed E-state index contributed by atoms with van der Waals surface area (Å²) in [4.78, 5) is 0. The Kier molecular flexibility index (Phi) is 5.84. The van der Waals surface area contributed by atoms with Gasteiger partial charge in [0, 0.05) is 17.1 Å². The molecule has 1 N–H and O–H groups in total. The molecule has 2 aromatic rings. The lowest BCUT2D eigenvalue weighted by atomic mass is 10.0. The fourth-order valence-electron chi connectivity index (χ4n) is 2.31. The number of nitrogens with zero attached hydrogens (tertiary/aromatic N) is 2. The highest BCUT2D eigenvalue weighted by Gasteiger charge is 2.23. The van der Waals surface area contributed by atoms with Crippen LogP contribution in [0.4, 0.5) is 0 Å². The molecule has 2 rings (SSSR count). The molecule has 1 unspecified atom stereocenters. The van der Waals surface area contributed by atoms with Crippen molar-refractivity contribution in [1.29, 1.82) is 0 Å². The maximum Gasteiger partial charge on any atom is 0.125 e. The van der Waals surface area contributed by atoms with E-state index in [0.717, 1.165) is 38.9 Å². The monoisotopic (exact) mass is 415 g/mol. The van der Waals surface area contributed by atoms with Crippen LogP contribution in [0.3, 0.4) is 0 Å². The molecule has 0 fully saturated rings. The van der Waals surface area contributed by atoms with Crippen molar-refractivity contribution in [3.8, 4) is 5.75 Å². The van der Waals surface area contributed by atoms with Gasteiger partial charge in [0.05, 0.1) is 29.5 Å². The molecule has 0 saturated carbocycles. The highest BCUT2D eigenvalue weighted by atomic mass is 79.9. The Morgan fingerprint density at radius 3 is 2.71 bits per heavy atom. The molecule has 0 amide bonds. The normalized spacial score (nSPS) is 12.4. The molecule has 0 aliphatic carbocycles. The molecule has 21 heavy (non-hydrogen) atoms. The molecule has 4 nitrogen and oxygen atoms in total. The van der Waals surface area contributed by atoms with Crippen molar-refractivity contribution in [1.82, 2.24) is 15.1 Å². The van der Waals surface area contributed by atoms with Crippen LogP contribution in [0.2, 0.25) is 0 Å². The summed E-state index contributed by atoms with van der Waals surface area (Å²) < 4.78 is 9.43. The highest BCUT2D eigenvalue weighted by Crippen LogP contribution is 2.35. The summed E-state index contributed by atoms with van der Waals surface area (Å²) in [5, 5.41) is 7.90. The number of ether oxygens (including phenoxy) is 1. The summed E-state index contributed by atoms with van der Waals surface area (Å²) >= 11 is 7.08. The summed E-state index contributed by atoms with van der Waals surface area (Å²) in [6, 6.07) is 6.12. The summed E-state index contributed by atoms with van der Waals surface area (Å²) in [5.74, 6) is 0.853. The zero-order valence-electron chi connectivity index (χ0n) is 12.4. The van der Waals surface area contributed by atoms with Crippen LogP contribution in [0.25, 0.3) is 0 Å². The summed E-state index contributed by atoms with van der Waals surface area (Å²) in [6.45, 7) is 3.07. The van der Waals surface area contributed by atoms with E-state index >= 15 is 0 Å². The summed E-state index contributed by atoms with van der Waals surface area (Å²) in [5.41, 5.74) is 2.18. The second kappa shape index (κ2) is 7.42. The van der Waals surface area contributed by atoms with Gasteiger partial charge < -0.3 is 10.1 Å². The van der Waals surface area contributed by atoms with E-state index in [-0.39, 0.29) is 6.04 Å². The fraction of sp³-hybridized carbons (Fsp3) is 0.400. The Hall–Kier alpha value is -0.850. The largest absolute Gasteiger partial charge is 0.496 e. The highest BCUT2D eigenvalue weighted by molar-refractivity contribution is 9.10. The van der Waals surface area contributed by atoms with Crippen LogP contribution < -0.4 is 10.1 Å². The van der Waals surface area contributed by atoms with Gasteiger partial charge in [0.25, 0.3) is 0 Å². The average Bonchev–Trinajstić information content (AvgIpc) is 2.80. The van der Waals surface area contributed by atoms with Crippen LogP contribution in [-0.2, 0) is 7.05 Å². The average molecular weight is 417 g/mol. The number of hydrogen-bond donors (Lipinski definition) is 1. The van der Waals surface area contributed by atoms with Crippen LogP contribution in [0.1, 0.15) is 30.6 Å². The van der Waals surface area contributed by atoms with Gasteiger partial charge in [-0.1, -0.05) is 28.9 Å². The van der Waals surface area contributed by atoms with Crippen LogP contribution in [0.15, 0.2) is 33.3 Å². The van der Waals surface area contributed by atoms with Crippen molar-refractivity contribution in [3.05, 3.63) is 44.6 Å². The van der Waals surface area contributed by atoms with Crippen LogP contribution in [0, 0.1) is 0 Å². The molecular formula is C15H19Br2N3O. The lowest BCUT2D eigenvalue weighted by molar-refractivity contribution is 0.401. The molecule has 0 radical (unpaired) electrons. The SMILES string of the molecule is CCCNC(c1ccc(Br)cc1OC)c1c(Br)cnn1C. The Morgan fingerprint density at radius 2 is 2.14 bits per heavy atom. The van der Waals surface area contributed by atoms with E-state index in [4.69, 9.17) is 4.74 Å². The molecule has 0 spiro atoms. The van der Waals surface area contributed by atoms with E-state index in [9.17, 15) is 0 Å². The van der Waals surface area contributed by atoms with Crippen molar-refractivity contribution in [2.24, 2.45) is 7.05 Å². The molecule has 0 aliphatic heterocycles. The van der Waals surface area contributed by atoms with Crippen molar-refractivity contribution in [2.75, 3.05) is 13.7 Å². The minimum absolute atomic E-state index is 0.0230. The predicted molar refractivity (Wildman–Crippen MR) is 91.7 cm³/mol. The first kappa shape index (κ1) is 16.5. The molecular weight excluding hydrogens is 398 g/mol. The number of methoxy groups -OCH3 is 1. The van der Waals surface area contributed by atoms with Gasteiger partial charge in [-0.15, -0.1) is 0 Å². The Morgan fingerprint density at radius 1 is 1.38 bits per heavy atom. The van der Waals surface area contributed by atoms with Gasteiger partial charge in [0.15, 0.2) is 0 Å². The molecule has 6 heteroatoms. The van der Waals surface area contributed by atoms with Gasteiger partial charge in [-0.05, 0) is 41.0 Å². The Bertz CT molecular complexity index is 593. The van der Waals surface area contributed by atoms with E-state index in [2.05, 4.69) is 55.3 Å². The lowest BCUT2D eigenvalue weighted by Gasteiger charge is -2.22. The van der Waals surface area contributed by atoms with Crippen molar-refractivity contribution in [3.63, 3.8) is 0 Å². The first-order valence-corrected chi connectivity index (χ1v) is 8.41. The summed E-state index contributed by atoms with van der Waals surface area (Å²) in [7, 11) is 3.65. The van der Waals surface area contributed by atoms with E-state index in [1.54, 1.807) is 7.11 Å². The van der Waals surface area contributed by atoms with E-state index in [0.29, 0.717) is 0 Å². The molecule has 1 aromatic heterocycles. The fourth-order valence-corrected chi connectivity index (χ4v) is 3.23. The van der Waals surface area contributed by atoms with Crippen molar-refractivity contribution < 1.29 is 4.74 Å². The van der Waals surface area contributed by atoms with E-state index < -0.39 is 0 Å². The smallest absolute Gasteiger partial charge is 0.125 e. The molecule has 0 bridgehead atoms. The third kappa shape index (κ3) is 3.67. The third-order valence-electron chi connectivity index (χ3n) is 3.32. The second-order valence-corrected chi connectivity index (χ2v) is 6.54. The van der Waals surface area contributed by atoms with Crippen LogP contribution >= 0.6 is 31.9 Å². The van der Waals surface area contributed by atoms with Crippen LogP contribution in [0.5, 0.6) is 5.75 Å². The van der Waals surface area contributed by atoms with E-state index in [1.165, 1.54) is 0 Å². The quantitative estimate of drug-likeness (QED) is 0.772. The lowest BCUT2D eigenvalue weighted by Crippen LogP contribution is -2.26. The Balaban J connectivity index is 2.50. The zero-order chi connectivity index (χ0) is 15.4. The topological polar surface area (TPSA) is 39.1 Å². The van der Waals surface area contributed by atoms with Gasteiger partial charge in [0.1, 0.15) is 5.75 Å². The minimum atomic E-state index is 0.0230. The van der Waals surface area contributed by atoms with Gasteiger partial charge in [-0.25, -0.2) is 0 Å². The number of rotatable bonds is 6. The zero-order valence-corrected chi connectivity index (χ0v) is 15.5. The standard InChI is InChI=1S/C15H19Br2N3O/c1-4-7-18-14(15-12(17)9-19-20(15)2)11-6-5-10(16)8-13(11)21-3/h5-6,8-9,14,18H,4,7H2,1-3H3. The van der Waals surface area contributed by atoms with E-state index in [1.807, 2.05) is 30.1 Å². The van der Waals surface area contributed by atoms with Gasteiger partial charge in [-0.3, -0.25) is 4.68 Å². The van der Waals surface area contributed by atoms with Crippen molar-refractivity contribution in [2.45, 2.75) is 19.4 Å². The number of hydrogen-bond acceptors (Lipinski definition) is 3. The third-order valence-corrected chi connectivity index (χ3v) is 4.42. The second-order valence-electron chi connectivity index (χ2n) is 4.77. The first-order chi connectivity index (χ1) is 10.1. The molecule has 1 atom stereocenters. The Labute approximate surface area is 142 Å². The van der Waals surface area contributed by atoms with Gasteiger partial charge >= 0.3 is 0 Å².